The molecule has 0 aliphatic heterocycles. The van der Waals surface area contributed by atoms with Crippen LogP contribution in [-0.2, 0) is 6.18 Å². The molecule has 9 heteroatoms. The van der Waals surface area contributed by atoms with Gasteiger partial charge in [0, 0.05) is 21.5 Å². The van der Waals surface area contributed by atoms with Gasteiger partial charge in [-0.05, 0) is 53.3 Å². The number of halogens is 4. The second kappa shape index (κ2) is 7.59. The molecule has 0 bridgehead atoms. The third-order valence-electron chi connectivity index (χ3n) is 3.75. The van der Waals surface area contributed by atoms with Crippen LogP contribution in [0.2, 0.25) is 0 Å². The highest BCUT2D eigenvalue weighted by molar-refractivity contribution is 14.1. The van der Waals surface area contributed by atoms with Crippen molar-refractivity contribution in [3.63, 3.8) is 0 Å². The fourth-order valence-electron chi connectivity index (χ4n) is 2.35. The lowest BCUT2D eigenvalue weighted by molar-refractivity contribution is -0.137. The summed E-state index contributed by atoms with van der Waals surface area (Å²) in [6, 6.07) is 5.03. The highest BCUT2D eigenvalue weighted by Crippen LogP contribution is 2.33. The van der Waals surface area contributed by atoms with Gasteiger partial charge in [0.25, 0.3) is 5.91 Å². The van der Waals surface area contributed by atoms with E-state index in [1.807, 2.05) is 22.6 Å². The molecule has 2 aromatic heterocycles. The first-order valence-electron chi connectivity index (χ1n) is 7.67. The van der Waals surface area contributed by atoms with Crippen LogP contribution in [0.5, 0.6) is 0 Å². The first-order chi connectivity index (χ1) is 12.8. The van der Waals surface area contributed by atoms with Gasteiger partial charge in [-0.15, -0.1) is 0 Å². The van der Waals surface area contributed by atoms with Crippen LogP contribution in [0.4, 0.5) is 19.0 Å². The Morgan fingerprint density at radius 1 is 1.11 bits per heavy atom. The molecule has 0 saturated heterocycles. The predicted molar refractivity (Wildman–Crippen MR) is 102 cm³/mol. The lowest BCUT2D eigenvalue weighted by atomic mass is 10.0. The molecule has 0 aliphatic rings. The number of aryl methyl sites for hydroxylation is 1. The summed E-state index contributed by atoms with van der Waals surface area (Å²) in [5.74, 6) is -0.180. The molecule has 1 N–H and O–H groups in total. The quantitative estimate of drug-likeness (QED) is 0.547. The van der Waals surface area contributed by atoms with E-state index in [-0.39, 0.29) is 17.4 Å². The van der Waals surface area contributed by atoms with Gasteiger partial charge in [0.15, 0.2) is 5.82 Å². The van der Waals surface area contributed by atoms with Gasteiger partial charge in [-0.1, -0.05) is 6.07 Å². The van der Waals surface area contributed by atoms with Crippen molar-refractivity contribution in [3.05, 3.63) is 69.3 Å². The summed E-state index contributed by atoms with van der Waals surface area (Å²) in [7, 11) is 0. The van der Waals surface area contributed by atoms with Crippen molar-refractivity contribution in [2.45, 2.75) is 13.1 Å². The number of nitrogens with zero attached hydrogens (tertiary/aromatic N) is 3. The number of carbonyl (C=O) groups is 1. The van der Waals surface area contributed by atoms with Crippen molar-refractivity contribution >= 4 is 34.3 Å². The van der Waals surface area contributed by atoms with Crippen molar-refractivity contribution in [1.82, 2.24) is 15.0 Å². The summed E-state index contributed by atoms with van der Waals surface area (Å²) in [6.07, 6.45) is 1.25. The molecule has 0 atom stereocenters. The monoisotopic (exact) mass is 484 g/mol. The van der Waals surface area contributed by atoms with E-state index in [4.69, 9.17) is 0 Å². The van der Waals surface area contributed by atoms with E-state index in [2.05, 4.69) is 20.3 Å². The largest absolute Gasteiger partial charge is 0.416 e. The van der Waals surface area contributed by atoms with Gasteiger partial charge in [0.05, 0.1) is 29.2 Å². The molecule has 0 spiro atoms. The Morgan fingerprint density at radius 2 is 1.89 bits per heavy atom. The molecule has 3 rings (SSSR count). The Morgan fingerprint density at radius 3 is 2.52 bits per heavy atom. The van der Waals surface area contributed by atoms with Crippen LogP contribution in [0.3, 0.4) is 0 Å². The number of hydrogen-bond donors (Lipinski definition) is 1. The Kier molecular flexibility index (Phi) is 5.40. The van der Waals surface area contributed by atoms with Crippen LogP contribution in [0.1, 0.15) is 21.5 Å². The minimum absolute atomic E-state index is 0.195. The number of amides is 1. The van der Waals surface area contributed by atoms with Crippen molar-refractivity contribution in [2.24, 2.45) is 0 Å². The van der Waals surface area contributed by atoms with E-state index < -0.39 is 11.7 Å². The van der Waals surface area contributed by atoms with Crippen LogP contribution in [0, 0.1) is 10.5 Å². The lowest BCUT2D eigenvalue weighted by Gasteiger charge is -2.11. The van der Waals surface area contributed by atoms with Gasteiger partial charge < -0.3 is 5.32 Å². The molecule has 0 aliphatic carbocycles. The molecule has 3 aromatic rings. The number of aromatic nitrogens is 3. The van der Waals surface area contributed by atoms with Crippen LogP contribution in [-0.4, -0.2) is 20.9 Å². The maximum atomic E-state index is 12.9. The number of carbonyl (C=O) groups excluding carboxylic acids is 1. The van der Waals surface area contributed by atoms with Crippen molar-refractivity contribution in [3.8, 4) is 11.3 Å². The number of pyridine rings is 1. The molecule has 0 radical (unpaired) electrons. The zero-order chi connectivity index (χ0) is 19.6. The number of benzene rings is 1. The van der Waals surface area contributed by atoms with Crippen LogP contribution < -0.4 is 5.32 Å². The number of nitrogens with one attached hydrogen (secondary N) is 1. The standard InChI is InChI=1S/C18H12F3IN4O/c1-10-2-3-11(18(19,20)21)6-13(10)15-8-25-16(9-24-15)26-17(27)12-4-5-23-7-14(12)22/h2-9H,1H3,(H,25,26,27). The van der Waals surface area contributed by atoms with Crippen molar-refractivity contribution in [2.75, 3.05) is 5.32 Å². The molecule has 5 nitrogen and oxygen atoms in total. The van der Waals surface area contributed by atoms with E-state index in [0.29, 0.717) is 20.3 Å². The number of alkyl halides is 3. The average molecular weight is 484 g/mol. The topological polar surface area (TPSA) is 67.8 Å². The van der Waals surface area contributed by atoms with E-state index in [1.54, 1.807) is 19.2 Å². The Balaban J connectivity index is 1.84. The van der Waals surface area contributed by atoms with Gasteiger partial charge in [0.1, 0.15) is 0 Å². The third-order valence-corrected chi connectivity index (χ3v) is 4.61. The molecule has 138 valence electrons. The zero-order valence-electron chi connectivity index (χ0n) is 13.9. The highest BCUT2D eigenvalue weighted by Gasteiger charge is 2.31. The average Bonchev–Trinajstić information content (AvgIpc) is 2.62. The van der Waals surface area contributed by atoms with Gasteiger partial charge >= 0.3 is 6.18 Å². The van der Waals surface area contributed by atoms with E-state index >= 15 is 0 Å². The maximum absolute atomic E-state index is 12.9. The smallest absolute Gasteiger partial charge is 0.305 e. The molecule has 1 aromatic carbocycles. The molecule has 2 heterocycles. The molecule has 1 amide bonds. The van der Waals surface area contributed by atoms with Gasteiger partial charge in [-0.2, -0.15) is 13.2 Å². The number of rotatable bonds is 3. The predicted octanol–water partition coefficient (Wildman–Crippen LogP) is 4.72. The molecule has 27 heavy (non-hydrogen) atoms. The Hall–Kier alpha value is -2.56. The summed E-state index contributed by atoms with van der Waals surface area (Å²) >= 11 is 1.99. The molecule has 0 saturated carbocycles. The normalized spacial score (nSPS) is 11.3. The van der Waals surface area contributed by atoms with E-state index in [1.165, 1.54) is 24.7 Å². The Bertz CT molecular complexity index is 991. The van der Waals surface area contributed by atoms with Crippen LogP contribution in [0.15, 0.2) is 49.1 Å². The highest BCUT2D eigenvalue weighted by atomic mass is 127. The van der Waals surface area contributed by atoms with Gasteiger partial charge in [-0.25, -0.2) is 4.98 Å². The molecular weight excluding hydrogens is 472 g/mol. The van der Waals surface area contributed by atoms with E-state index in [0.717, 1.165) is 12.1 Å². The SMILES string of the molecule is Cc1ccc(C(F)(F)F)cc1-c1cnc(NC(=O)c2ccncc2I)cn1. The second-order valence-electron chi connectivity index (χ2n) is 5.62. The first kappa shape index (κ1) is 19.2. The number of anilines is 1. The molecule has 0 unspecified atom stereocenters. The molecular formula is C18H12F3IN4O. The van der Waals surface area contributed by atoms with Crippen LogP contribution in [0.25, 0.3) is 11.3 Å². The lowest BCUT2D eigenvalue weighted by Crippen LogP contribution is -2.14. The fourth-order valence-corrected chi connectivity index (χ4v) is 2.93. The summed E-state index contributed by atoms with van der Waals surface area (Å²) < 4.78 is 39.5. The summed E-state index contributed by atoms with van der Waals surface area (Å²) in [5, 5.41) is 2.60. The van der Waals surface area contributed by atoms with Gasteiger partial charge in [0.2, 0.25) is 0 Å². The van der Waals surface area contributed by atoms with Crippen molar-refractivity contribution < 1.29 is 18.0 Å². The minimum Gasteiger partial charge on any atom is -0.305 e. The van der Waals surface area contributed by atoms with Crippen LogP contribution >= 0.6 is 22.6 Å². The summed E-state index contributed by atoms with van der Waals surface area (Å²) in [6.45, 7) is 1.69. The van der Waals surface area contributed by atoms with Gasteiger partial charge in [-0.3, -0.25) is 14.8 Å². The van der Waals surface area contributed by atoms with E-state index in [9.17, 15) is 18.0 Å². The van der Waals surface area contributed by atoms with Crippen molar-refractivity contribution in [1.29, 1.82) is 0 Å². The third kappa shape index (κ3) is 4.41. The maximum Gasteiger partial charge on any atom is 0.416 e. The zero-order valence-corrected chi connectivity index (χ0v) is 16.0. The summed E-state index contributed by atoms with van der Waals surface area (Å²) in [4.78, 5) is 24.4. The second-order valence-corrected chi connectivity index (χ2v) is 6.79. The number of hydrogen-bond acceptors (Lipinski definition) is 4. The summed E-state index contributed by atoms with van der Waals surface area (Å²) in [5.41, 5.74) is 0.939. The Labute approximate surface area is 166 Å². The first-order valence-corrected chi connectivity index (χ1v) is 8.74. The minimum atomic E-state index is -4.44. The molecule has 0 fully saturated rings. The fraction of sp³-hybridized carbons (Fsp3) is 0.111.